The van der Waals surface area contributed by atoms with Crippen LogP contribution >= 0.6 is 11.6 Å². The zero-order valence-corrected chi connectivity index (χ0v) is 15.5. The van der Waals surface area contributed by atoms with E-state index in [1.807, 2.05) is 0 Å². The van der Waals surface area contributed by atoms with Gasteiger partial charge in [0.25, 0.3) is 0 Å². The van der Waals surface area contributed by atoms with E-state index in [4.69, 9.17) is 16.3 Å². The fourth-order valence-electron chi connectivity index (χ4n) is 2.61. The highest BCUT2D eigenvalue weighted by Crippen LogP contribution is 2.38. The molecule has 0 aliphatic carbocycles. The molecule has 1 aliphatic heterocycles. The lowest BCUT2D eigenvalue weighted by molar-refractivity contribution is -0.388. The Labute approximate surface area is 155 Å². The Bertz CT molecular complexity index is 773. The van der Waals surface area contributed by atoms with Gasteiger partial charge in [-0.3, -0.25) is 10.1 Å². The molecule has 9 heteroatoms. The number of phenols is 1. The first kappa shape index (κ1) is 20.0. The van der Waals surface area contributed by atoms with Crippen LogP contribution in [0.3, 0.4) is 0 Å². The largest absolute Gasteiger partial charge is 0.501 e. The second kappa shape index (κ2) is 7.49. The first-order chi connectivity index (χ1) is 12.0. The van der Waals surface area contributed by atoms with Gasteiger partial charge in [-0.25, -0.2) is 4.79 Å². The number of amides is 1. The predicted molar refractivity (Wildman–Crippen MR) is 94.7 cm³/mol. The first-order valence-electron chi connectivity index (χ1n) is 8.02. The lowest BCUT2D eigenvalue weighted by atomic mass is 10.0. The Morgan fingerprint density at radius 1 is 1.50 bits per heavy atom. The number of ether oxygens (including phenoxy) is 1. The Hall–Kier alpha value is -2.35. The van der Waals surface area contributed by atoms with Crippen LogP contribution < -0.4 is 0 Å². The van der Waals surface area contributed by atoms with Crippen molar-refractivity contribution in [2.75, 3.05) is 13.1 Å². The van der Waals surface area contributed by atoms with Crippen molar-refractivity contribution >= 4 is 29.5 Å². The van der Waals surface area contributed by atoms with Gasteiger partial charge in [0.05, 0.1) is 9.95 Å². The molecule has 1 aromatic rings. The zero-order chi connectivity index (χ0) is 19.6. The number of piperidine rings is 1. The molecule has 1 saturated heterocycles. The molecular formula is C17H20ClFN2O5. The molecule has 7 nitrogen and oxygen atoms in total. The Morgan fingerprint density at radius 2 is 2.15 bits per heavy atom. The van der Waals surface area contributed by atoms with Crippen molar-refractivity contribution in [2.45, 2.75) is 39.2 Å². The lowest BCUT2D eigenvalue weighted by Crippen LogP contribution is -2.40. The minimum atomic E-state index is -1.17. The maximum Gasteiger partial charge on any atom is 0.410 e. The average Bonchev–Trinajstić information content (AvgIpc) is 2.51. The van der Waals surface area contributed by atoms with Gasteiger partial charge in [0.15, 0.2) is 0 Å². The number of nitro groups is 1. The van der Waals surface area contributed by atoms with Crippen molar-refractivity contribution in [2.24, 2.45) is 0 Å². The molecule has 0 saturated carbocycles. The molecule has 2 rings (SSSR count). The van der Waals surface area contributed by atoms with E-state index in [2.05, 4.69) is 0 Å². The molecular weight excluding hydrogens is 367 g/mol. The Morgan fingerprint density at radius 3 is 2.73 bits per heavy atom. The predicted octanol–water partition coefficient (Wildman–Crippen LogP) is 4.51. The van der Waals surface area contributed by atoms with E-state index in [1.165, 1.54) is 11.0 Å². The lowest BCUT2D eigenvalue weighted by Gasteiger charge is -2.31. The smallest absolute Gasteiger partial charge is 0.410 e. The summed E-state index contributed by atoms with van der Waals surface area (Å²) >= 11 is 5.77. The van der Waals surface area contributed by atoms with E-state index in [-0.39, 0.29) is 17.1 Å². The maximum atomic E-state index is 14.4. The molecule has 0 radical (unpaired) electrons. The minimum Gasteiger partial charge on any atom is -0.501 e. The van der Waals surface area contributed by atoms with Crippen LogP contribution in [0.5, 0.6) is 5.75 Å². The van der Waals surface area contributed by atoms with Gasteiger partial charge in [-0.05, 0) is 45.3 Å². The summed E-state index contributed by atoms with van der Waals surface area (Å²) in [7, 11) is 0. The highest BCUT2D eigenvalue weighted by atomic mass is 35.5. The van der Waals surface area contributed by atoms with Crippen LogP contribution in [0.15, 0.2) is 11.6 Å². The van der Waals surface area contributed by atoms with Gasteiger partial charge in [-0.1, -0.05) is 17.7 Å². The van der Waals surface area contributed by atoms with Crippen LogP contribution in [0.4, 0.5) is 14.9 Å². The number of benzene rings is 1. The topological polar surface area (TPSA) is 92.9 Å². The number of phenolic OH excluding ortho intramolecular Hbond substituents is 1. The van der Waals surface area contributed by atoms with Crippen molar-refractivity contribution in [1.29, 1.82) is 0 Å². The number of likely N-dealkylation sites (tertiary alicyclic amines) is 1. The zero-order valence-electron chi connectivity index (χ0n) is 14.7. The van der Waals surface area contributed by atoms with Gasteiger partial charge in [0, 0.05) is 18.7 Å². The van der Waals surface area contributed by atoms with E-state index in [1.54, 1.807) is 20.8 Å². The van der Waals surface area contributed by atoms with Gasteiger partial charge in [0.1, 0.15) is 5.60 Å². The number of carbonyl (C=O) groups excluding carboxylic acids is 1. The summed E-state index contributed by atoms with van der Waals surface area (Å²) in [6.45, 7) is 6.02. The number of nitrogens with zero attached hydrogens (tertiary/aromatic N) is 2. The van der Waals surface area contributed by atoms with E-state index >= 15 is 0 Å². The molecule has 26 heavy (non-hydrogen) atoms. The van der Waals surface area contributed by atoms with E-state index in [9.17, 15) is 24.4 Å². The summed E-state index contributed by atoms with van der Waals surface area (Å²) in [4.78, 5) is 23.6. The van der Waals surface area contributed by atoms with Crippen LogP contribution in [0.25, 0.3) is 6.08 Å². The van der Waals surface area contributed by atoms with Crippen LogP contribution in [-0.4, -0.2) is 39.7 Å². The number of rotatable bonds is 2. The SMILES string of the molecule is CC(C)(C)OC(=O)N1CCC/C(=C\c2cc(Cl)c(O)c([N+](=O)[O-])c2F)C1. The van der Waals surface area contributed by atoms with Crippen molar-refractivity contribution < 1.29 is 24.0 Å². The van der Waals surface area contributed by atoms with E-state index in [0.29, 0.717) is 25.0 Å². The van der Waals surface area contributed by atoms with E-state index < -0.39 is 33.9 Å². The van der Waals surface area contributed by atoms with Gasteiger partial charge >= 0.3 is 11.8 Å². The molecule has 0 unspecified atom stereocenters. The van der Waals surface area contributed by atoms with Crippen LogP contribution in [-0.2, 0) is 4.74 Å². The molecule has 1 aliphatic rings. The third-order valence-electron chi connectivity index (χ3n) is 3.71. The number of hydrogen-bond acceptors (Lipinski definition) is 5. The summed E-state index contributed by atoms with van der Waals surface area (Å²) in [5.74, 6) is -2.07. The van der Waals surface area contributed by atoms with E-state index in [0.717, 1.165) is 6.07 Å². The molecule has 1 heterocycles. The summed E-state index contributed by atoms with van der Waals surface area (Å²) in [6.07, 6.45) is 2.20. The van der Waals surface area contributed by atoms with Crippen molar-refractivity contribution in [1.82, 2.24) is 4.90 Å². The quantitative estimate of drug-likeness (QED) is 0.596. The Balaban J connectivity index is 2.30. The average molecular weight is 387 g/mol. The highest BCUT2D eigenvalue weighted by Gasteiger charge is 2.28. The number of hydrogen-bond donors (Lipinski definition) is 1. The Kier molecular flexibility index (Phi) is 5.75. The second-order valence-electron chi connectivity index (χ2n) is 7.02. The molecule has 0 aromatic heterocycles. The van der Waals surface area contributed by atoms with Gasteiger partial charge in [-0.15, -0.1) is 0 Å². The molecule has 1 N–H and O–H groups in total. The number of aromatic hydroxyl groups is 1. The van der Waals surface area contributed by atoms with Crippen LogP contribution in [0.1, 0.15) is 39.2 Å². The van der Waals surface area contributed by atoms with Crippen molar-refractivity contribution in [3.8, 4) is 5.75 Å². The van der Waals surface area contributed by atoms with Crippen molar-refractivity contribution in [3.05, 3.63) is 38.2 Å². The summed E-state index contributed by atoms with van der Waals surface area (Å²) in [6, 6.07) is 1.12. The summed E-state index contributed by atoms with van der Waals surface area (Å²) in [5.41, 5.74) is -1.10. The molecule has 0 bridgehead atoms. The highest BCUT2D eigenvalue weighted by molar-refractivity contribution is 6.32. The standard InChI is InChI=1S/C17H20ClFN2O5/c1-17(2,3)26-16(23)20-6-4-5-10(9-20)7-11-8-12(18)15(22)14(13(11)19)21(24)25/h7-8,22H,4-6,9H2,1-3H3/b10-7+. The van der Waals surface area contributed by atoms with Crippen molar-refractivity contribution in [3.63, 3.8) is 0 Å². The second-order valence-corrected chi connectivity index (χ2v) is 7.43. The van der Waals surface area contributed by atoms with Gasteiger partial charge in [0.2, 0.25) is 11.6 Å². The van der Waals surface area contributed by atoms with Crippen LogP contribution in [0.2, 0.25) is 5.02 Å². The number of halogens is 2. The monoisotopic (exact) mass is 386 g/mol. The summed E-state index contributed by atoms with van der Waals surface area (Å²) < 4.78 is 19.7. The van der Waals surface area contributed by atoms with Gasteiger partial charge < -0.3 is 14.7 Å². The molecule has 1 fully saturated rings. The minimum absolute atomic E-state index is 0.111. The van der Waals surface area contributed by atoms with Gasteiger partial charge in [-0.2, -0.15) is 4.39 Å². The third-order valence-corrected chi connectivity index (χ3v) is 4.00. The fourth-order valence-corrected chi connectivity index (χ4v) is 2.82. The number of nitro benzene ring substituents is 1. The number of carbonyl (C=O) groups is 1. The molecule has 1 amide bonds. The maximum absolute atomic E-state index is 14.4. The van der Waals surface area contributed by atoms with Crippen LogP contribution in [0, 0.1) is 15.9 Å². The third kappa shape index (κ3) is 4.63. The normalized spacial score (nSPS) is 16.7. The molecule has 142 valence electrons. The fraction of sp³-hybridized carbons (Fsp3) is 0.471. The molecule has 1 aromatic carbocycles. The first-order valence-corrected chi connectivity index (χ1v) is 8.40. The molecule has 0 spiro atoms. The summed E-state index contributed by atoms with van der Waals surface area (Å²) in [5, 5.41) is 20.3. The molecule has 0 atom stereocenters.